The Morgan fingerprint density at radius 3 is 2.45 bits per heavy atom. The van der Waals surface area contributed by atoms with Gasteiger partial charge in [-0.2, -0.15) is 0 Å². The van der Waals surface area contributed by atoms with Crippen LogP contribution >= 0.6 is 11.6 Å². The van der Waals surface area contributed by atoms with E-state index in [1.807, 2.05) is 6.07 Å². The minimum absolute atomic E-state index is 0.138. The number of aryl methyl sites for hydroxylation is 1. The minimum Gasteiger partial charge on any atom is -0.497 e. The van der Waals surface area contributed by atoms with Crippen LogP contribution in [0.3, 0.4) is 0 Å². The summed E-state index contributed by atoms with van der Waals surface area (Å²) in [5.74, 6) is 0.977. The summed E-state index contributed by atoms with van der Waals surface area (Å²) in [4.78, 5) is 25.5. The van der Waals surface area contributed by atoms with E-state index in [2.05, 4.69) is 0 Å². The zero-order valence-corrected chi connectivity index (χ0v) is 19.0. The molecule has 1 heterocycles. The molecule has 0 aromatic heterocycles. The molecule has 1 atom stereocenters. The summed E-state index contributed by atoms with van der Waals surface area (Å²) in [5, 5.41) is -0.958. The monoisotopic (exact) mass is 464 g/mol. The van der Waals surface area contributed by atoms with Gasteiger partial charge in [0.2, 0.25) is 5.78 Å². The zero-order chi connectivity index (χ0) is 23.5. The Bertz CT molecular complexity index is 1250. The second-order valence-electron chi connectivity index (χ2n) is 7.36. The maximum Gasteiger partial charge on any atom is 0.334 e. The molecular formula is C26H21ClO6. The lowest BCUT2D eigenvalue weighted by molar-refractivity contribution is -0.134. The number of carbonyl (C=O) groups is 2. The highest BCUT2D eigenvalue weighted by molar-refractivity contribution is 6.30. The summed E-state index contributed by atoms with van der Waals surface area (Å²) in [6.07, 6.45) is 1.61. The van der Waals surface area contributed by atoms with Crippen LogP contribution in [-0.2, 0) is 4.79 Å². The maximum atomic E-state index is 13.0. The maximum absolute atomic E-state index is 13.0. The number of ketones is 1. The van der Waals surface area contributed by atoms with Crippen molar-refractivity contribution in [3.8, 4) is 23.0 Å². The Morgan fingerprint density at radius 1 is 1.00 bits per heavy atom. The lowest BCUT2D eigenvalue weighted by Gasteiger charge is -2.11. The van der Waals surface area contributed by atoms with E-state index in [0.717, 1.165) is 0 Å². The number of hydrogen-bond acceptors (Lipinski definition) is 6. The molecule has 168 valence electrons. The molecule has 3 aromatic rings. The molecular weight excluding hydrogens is 444 g/mol. The van der Waals surface area contributed by atoms with Crippen molar-refractivity contribution in [1.82, 2.24) is 0 Å². The molecule has 0 fully saturated rings. The molecule has 4 rings (SSSR count). The van der Waals surface area contributed by atoms with Crippen molar-refractivity contribution >= 4 is 29.4 Å². The first-order valence-corrected chi connectivity index (χ1v) is 10.6. The third-order valence-corrected chi connectivity index (χ3v) is 5.62. The number of benzene rings is 3. The highest BCUT2D eigenvalue weighted by Crippen LogP contribution is 2.39. The number of rotatable bonds is 6. The molecule has 0 saturated carbocycles. The van der Waals surface area contributed by atoms with E-state index in [0.29, 0.717) is 39.5 Å². The summed E-state index contributed by atoms with van der Waals surface area (Å²) >= 11 is 6.26. The van der Waals surface area contributed by atoms with Crippen LogP contribution in [0.2, 0.25) is 0 Å². The standard InChI is InChI=1S/C26H21ClO6/c1-15-11-19(32-26(29)24(27)16-7-5-4-6-8-16)14-21-23(15)25(28)22(33-21)12-17-9-10-18(30-2)13-20(17)31-3/h4-14,24H,1-3H3/b22-12-. The van der Waals surface area contributed by atoms with E-state index in [1.165, 1.54) is 13.2 Å². The Morgan fingerprint density at radius 2 is 1.76 bits per heavy atom. The van der Waals surface area contributed by atoms with Crippen LogP contribution < -0.4 is 18.9 Å². The summed E-state index contributed by atoms with van der Waals surface area (Å²) in [6.45, 7) is 1.75. The Balaban J connectivity index is 1.59. The fraction of sp³-hybridized carbons (Fsp3) is 0.154. The Labute approximate surface area is 196 Å². The fourth-order valence-electron chi connectivity index (χ4n) is 3.54. The largest absolute Gasteiger partial charge is 0.497 e. The lowest BCUT2D eigenvalue weighted by atomic mass is 10.0. The molecule has 1 aliphatic rings. The summed E-state index contributed by atoms with van der Waals surface area (Å²) in [6, 6.07) is 17.3. The van der Waals surface area contributed by atoms with Crippen molar-refractivity contribution in [3.05, 3.63) is 88.7 Å². The average Bonchev–Trinajstić information content (AvgIpc) is 3.14. The van der Waals surface area contributed by atoms with Gasteiger partial charge in [-0.1, -0.05) is 30.3 Å². The van der Waals surface area contributed by atoms with Crippen LogP contribution in [0.15, 0.2) is 66.4 Å². The van der Waals surface area contributed by atoms with Crippen LogP contribution in [0, 0.1) is 6.92 Å². The quantitative estimate of drug-likeness (QED) is 0.207. The first kappa shape index (κ1) is 22.4. The molecule has 6 nitrogen and oxygen atoms in total. The van der Waals surface area contributed by atoms with Gasteiger partial charge in [-0.15, -0.1) is 11.6 Å². The molecule has 0 spiro atoms. The first-order chi connectivity index (χ1) is 15.9. The van der Waals surface area contributed by atoms with Crippen molar-refractivity contribution in [1.29, 1.82) is 0 Å². The van der Waals surface area contributed by atoms with Gasteiger partial charge in [0.05, 0.1) is 19.8 Å². The van der Waals surface area contributed by atoms with E-state index in [-0.39, 0.29) is 17.3 Å². The van der Waals surface area contributed by atoms with Crippen LogP contribution in [0.5, 0.6) is 23.0 Å². The van der Waals surface area contributed by atoms with Crippen LogP contribution in [0.4, 0.5) is 0 Å². The molecule has 0 amide bonds. The van der Waals surface area contributed by atoms with Gasteiger partial charge in [-0.25, -0.2) is 4.79 Å². The number of alkyl halides is 1. The van der Waals surface area contributed by atoms with Gasteiger partial charge in [0.15, 0.2) is 11.1 Å². The number of Topliss-reactive ketones (excluding diaryl/α,β-unsaturated/α-hetero) is 1. The number of halogens is 1. The van der Waals surface area contributed by atoms with Gasteiger partial charge in [-0.05, 0) is 42.3 Å². The van der Waals surface area contributed by atoms with E-state index in [1.54, 1.807) is 68.6 Å². The predicted octanol–water partition coefficient (Wildman–Crippen LogP) is 5.51. The molecule has 0 aliphatic carbocycles. The number of methoxy groups -OCH3 is 2. The molecule has 0 N–H and O–H groups in total. The number of allylic oxidation sites excluding steroid dienone is 1. The normalized spacial score (nSPS) is 14.4. The molecule has 0 saturated heterocycles. The topological polar surface area (TPSA) is 71.1 Å². The number of esters is 1. The van der Waals surface area contributed by atoms with Crippen molar-refractivity contribution < 1.29 is 28.5 Å². The highest BCUT2D eigenvalue weighted by atomic mass is 35.5. The molecule has 0 radical (unpaired) electrons. The second kappa shape index (κ2) is 9.38. The zero-order valence-electron chi connectivity index (χ0n) is 18.3. The van der Waals surface area contributed by atoms with Gasteiger partial charge < -0.3 is 18.9 Å². The Kier molecular flexibility index (Phi) is 6.38. The predicted molar refractivity (Wildman–Crippen MR) is 124 cm³/mol. The van der Waals surface area contributed by atoms with Crippen molar-refractivity contribution in [2.75, 3.05) is 14.2 Å². The number of fused-ring (bicyclic) bond motifs is 1. The average molecular weight is 465 g/mol. The van der Waals surface area contributed by atoms with Crippen LogP contribution in [0.25, 0.3) is 6.08 Å². The minimum atomic E-state index is -0.958. The summed E-state index contributed by atoms with van der Waals surface area (Å²) < 4.78 is 21.9. The SMILES string of the molecule is COc1ccc(/C=C2\Oc3cc(OC(=O)C(Cl)c4ccccc4)cc(C)c3C2=O)c(OC)c1. The Hall–Kier alpha value is -3.77. The van der Waals surface area contributed by atoms with Crippen LogP contribution in [0.1, 0.15) is 32.4 Å². The molecule has 3 aromatic carbocycles. The van der Waals surface area contributed by atoms with Gasteiger partial charge >= 0.3 is 5.97 Å². The molecule has 1 aliphatic heterocycles. The van der Waals surface area contributed by atoms with Gasteiger partial charge in [-0.3, -0.25) is 4.79 Å². The smallest absolute Gasteiger partial charge is 0.334 e. The number of carbonyl (C=O) groups excluding carboxylic acids is 2. The second-order valence-corrected chi connectivity index (χ2v) is 7.79. The molecule has 0 bridgehead atoms. The third kappa shape index (κ3) is 4.56. The molecule has 33 heavy (non-hydrogen) atoms. The van der Waals surface area contributed by atoms with Gasteiger partial charge in [0, 0.05) is 17.7 Å². The molecule has 1 unspecified atom stereocenters. The van der Waals surface area contributed by atoms with Gasteiger partial charge in [0.1, 0.15) is 23.0 Å². The van der Waals surface area contributed by atoms with E-state index in [9.17, 15) is 9.59 Å². The highest BCUT2D eigenvalue weighted by Gasteiger charge is 2.31. The number of ether oxygens (including phenoxy) is 4. The van der Waals surface area contributed by atoms with E-state index < -0.39 is 11.3 Å². The van der Waals surface area contributed by atoms with Crippen molar-refractivity contribution in [3.63, 3.8) is 0 Å². The lowest BCUT2D eigenvalue weighted by Crippen LogP contribution is -2.14. The van der Waals surface area contributed by atoms with E-state index >= 15 is 0 Å². The van der Waals surface area contributed by atoms with Crippen LogP contribution in [-0.4, -0.2) is 26.0 Å². The molecule has 7 heteroatoms. The summed E-state index contributed by atoms with van der Waals surface area (Å²) in [5.41, 5.74) is 2.33. The van der Waals surface area contributed by atoms with Gasteiger partial charge in [0.25, 0.3) is 0 Å². The number of hydrogen-bond donors (Lipinski definition) is 0. The third-order valence-electron chi connectivity index (χ3n) is 5.19. The van der Waals surface area contributed by atoms with Crippen molar-refractivity contribution in [2.24, 2.45) is 0 Å². The summed E-state index contributed by atoms with van der Waals surface area (Å²) in [7, 11) is 3.10. The first-order valence-electron chi connectivity index (χ1n) is 10.1. The van der Waals surface area contributed by atoms with E-state index in [4.69, 9.17) is 30.5 Å². The van der Waals surface area contributed by atoms with Crippen molar-refractivity contribution in [2.45, 2.75) is 12.3 Å². The fourth-order valence-corrected chi connectivity index (χ4v) is 3.73.